The number of esters is 1. The standard InChI is InChI=1S/C32H41F2NO7/c1-5-19-6-8-21(9-7-19)41-28(39)42-32(27(38)40-13-12-35)18(2)14-22-23-16-25(33)24-15-20(36)10-11-29(24,3)31(23,34)26(37)17-30(22,32)4/h10-11,15,18-19,21-23,25-26,37H,5-9,13-14,16-17H2,1-4H3/t18-,19-,21-,22+,23+,25+,26+,29+,30+,31+,32+/m1/s1. The monoisotopic (exact) mass is 589 g/mol. The molecule has 5 aliphatic carbocycles. The number of carbonyl (C=O) groups is 3. The van der Waals surface area contributed by atoms with Crippen molar-refractivity contribution in [2.24, 2.45) is 34.5 Å². The van der Waals surface area contributed by atoms with Gasteiger partial charge in [0.05, 0.1) is 6.10 Å². The molecule has 10 heteroatoms. The van der Waals surface area contributed by atoms with Gasteiger partial charge in [-0.25, -0.2) is 18.4 Å². The summed E-state index contributed by atoms with van der Waals surface area (Å²) in [7, 11) is 0. The molecule has 4 fully saturated rings. The molecule has 0 aromatic heterocycles. The topological polar surface area (TPSA) is 123 Å². The van der Waals surface area contributed by atoms with E-state index in [0.717, 1.165) is 25.3 Å². The van der Waals surface area contributed by atoms with Gasteiger partial charge in [0.2, 0.25) is 5.60 Å². The zero-order valence-electron chi connectivity index (χ0n) is 24.7. The number of hydrogen-bond donors (Lipinski definition) is 1. The van der Waals surface area contributed by atoms with Gasteiger partial charge in [-0.15, -0.1) is 0 Å². The highest BCUT2D eigenvalue weighted by molar-refractivity contribution is 6.01. The van der Waals surface area contributed by atoms with Crippen molar-refractivity contribution in [2.75, 3.05) is 6.61 Å². The van der Waals surface area contributed by atoms with Crippen molar-refractivity contribution >= 4 is 17.9 Å². The number of nitriles is 1. The Balaban J connectivity index is 1.51. The molecule has 0 unspecified atom stereocenters. The maximum absolute atomic E-state index is 17.5. The van der Waals surface area contributed by atoms with Crippen LogP contribution in [0.1, 0.15) is 79.1 Å². The van der Waals surface area contributed by atoms with Crippen LogP contribution in [0, 0.1) is 45.8 Å². The molecule has 8 nitrogen and oxygen atoms in total. The van der Waals surface area contributed by atoms with Crippen LogP contribution in [0.4, 0.5) is 13.6 Å². The number of aliphatic hydroxyl groups is 1. The van der Waals surface area contributed by atoms with E-state index in [9.17, 15) is 19.5 Å². The lowest BCUT2D eigenvalue weighted by molar-refractivity contribution is -0.234. The van der Waals surface area contributed by atoms with Crippen LogP contribution in [0.3, 0.4) is 0 Å². The van der Waals surface area contributed by atoms with Crippen LogP contribution in [-0.4, -0.2) is 59.3 Å². The minimum absolute atomic E-state index is 0.000219. The van der Waals surface area contributed by atoms with E-state index < -0.39 is 76.6 Å². The lowest BCUT2D eigenvalue weighted by Gasteiger charge is -2.62. The number of fused-ring (bicyclic) bond motifs is 5. The van der Waals surface area contributed by atoms with Crippen molar-refractivity contribution in [1.82, 2.24) is 0 Å². The number of rotatable bonds is 5. The predicted octanol–water partition coefficient (Wildman–Crippen LogP) is 5.48. The number of hydrogen-bond acceptors (Lipinski definition) is 8. The normalized spacial score (nSPS) is 45.9. The van der Waals surface area contributed by atoms with Crippen molar-refractivity contribution < 1.29 is 42.5 Å². The summed E-state index contributed by atoms with van der Waals surface area (Å²) in [6.45, 7) is 6.37. The van der Waals surface area contributed by atoms with Gasteiger partial charge in [-0.3, -0.25) is 4.79 Å². The molecule has 5 aliphatic rings. The summed E-state index contributed by atoms with van der Waals surface area (Å²) in [4.78, 5) is 39.3. The van der Waals surface area contributed by atoms with E-state index in [2.05, 4.69) is 6.92 Å². The zero-order chi connectivity index (χ0) is 30.7. The van der Waals surface area contributed by atoms with Crippen LogP contribution in [0.2, 0.25) is 0 Å². The first kappa shape index (κ1) is 30.7. The van der Waals surface area contributed by atoms with Gasteiger partial charge in [0.25, 0.3) is 0 Å². The van der Waals surface area contributed by atoms with Gasteiger partial charge < -0.3 is 19.3 Å². The minimum atomic E-state index is -2.35. The molecule has 5 rings (SSSR count). The molecule has 0 radical (unpaired) electrons. The molecule has 0 aromatic rings. The van der Waals surface area contributed by atoms with E-state index in [0.29, 0.717) is 18.8 Å². The van der Waals surface area contributed by atoms with Crippen molar-refractivity contribution in [2.45, 2.75) is 109 Å². The van der Waals surface area contributed by atoms with Gasteiger partial charge in [-0.05, 0) is 81.4 Å². The second-order valence-corrected chi connectivity index (χ2v) is 13.5. The fourth-order valence-corrected chi connectivity index (χ4v) is 9.37. The SMILES string of the molecule is CC[C@H]1CC[C@H](OC(=O)O[C@]2(C(=O)OCC#N)[C@H](C)C[C@H]3[C@@H]4C[C@H](F)C5=CC(=O)C=C[C@]5(C)[C@@]4(F)[C@@H](O)C[C@@]32C)CC1. The highest BCUT2D eigenvalue weighted by Gasteiger charge is 2.79. The number of ether oxygens (including phenoxy) is 3. The van der Waals surface area contributed by atoms with Gasteiger partial charge in [-0.1, -0.05) is 33.3 Å². The van der Waals surface area contributed by atoms with E-state index in [1.165, 1.54) is 19.1 Å². The summed E-state index contributed by atoms with van der Waals surface area (Å²) in [5.41, 5.74) is -7.32. The highest BCUT2D eigenvalue weighted by Crippen LogP contribution is 2.71. The Bertz CT molecular complexity index is 1240. The number of nitrogens with zero attached hydrogens (tertiary/aromatic N) is 1. The number of aliphatic hydroxyl groups excluding tert-OH is 1. The lowest BCUT2D eigenvalue weighted by Crippen LogP contribution is -2.71. The fourth-order valence-electron chi connectivity index (χ4n) is 9.37. The molecular formula is C32H41F2NO7. The van der Waals surface area contributed by atoms with Gasteiger partial charge in [-0.2, -0.15) is 5.26 Å². The molecule has 9 atom stereocenters. The van der Waals surface area contributed by atoms with Gasteiger partial charge in [0.1, 0.15) is 18.3 Å². The summed E-state index contributed by atoms with van der Waals surface area (Å²) < 4.78 is 50.3. The quantitative estimate of drug-likeness (QED) is 0.419. The Kier molecular flexibility index (Phi) is 7.83. The number of halogens is 2. The second-order valence-electron chi connectivity index (χ2n) is 13.5. The zero-order valence-corrected chi connectivity index (χ0v) is 24.7. The van der Waals surface area contributed by atoms with Crippen LogP contribution >= 0.6 is 0 Å². The Hall–Kier alpha value is -2.80. The Labute approximate surface area is 245 Å². The average molecular weight is 590 g/mol. The number of ketones is 1. The molecule has 0 heterocycles. The first-order chi connectivity index (χ1) is 19.8. The summed E-state index contributed by atoms with van der Waals surface area (Å²) in [6.07, 6.45) is 2.68. The summed E-state index contributed by atoms with van der Waals surface area (Å²) in [5.74, 6) is -3.33. The molecule has 0 spiro atoms. The van der Waals surface area contributed by atoms with Gasteiger partial charge in [0, 0.05) is 22.7 Å². The van der Waals surface area contributed by atoms with E-state index in [4.69, 9.17) is 19.5 Å². The maximum Gasteiger partial charge on any atom is 0.509 e. The smallest absolute Gasteiger partial charge is 0.447 e. The van der Waals surface area contributed by atoms with Crippen LogP contribution < -0.4 is 0 Å². The third-order valence-corrected chi connectivity index (χ3v) is 11.6. The predicted molar refractivity (Wildman–Crippen MR) is 146 cm³/mol. The van der Waals surface area contributed by atoms with E-state index in [-0.39, 0.29) is 30.9 Å². The maximum atomic E-state index is 17.5. The Morgan fingerprint density at radius 3 is 2.50 bits per heavy atom. The lowest BCUT2D eigenvalue weighted by atomic mass is 9.44. The third-order valence-electron chi connectivity index (χ3n) is 11.6. The molecule has 0 aromatic carbocycles. The molecule has 0 saturated heterocycles. The van der Waals surface area contributed by atoms with Gasteiger partial charge >= 0.3 is 12.1 Å². The van der Waals surface area contributed by atoms with E-state index in [1.54, 1.807) is 19.9 Å². The largest absolute Gasteiger partial charge is 0.509 e. The summed E-state index contributed by atoms with van der Waals surface area (Å²) in [6, 6.07) is 1.76. The third kappa shape index (κ3) is 4.24. The molecule has 4 saturated carbocycles. The van der Waals surface area contributed by atoms with Crippen LogP contribution in [-0.2, 0) is 23.8 Å². The number of allylic oxidation sites excluding steroid dienone is 4. The molecule has 0 aliphatic heterocycles. The fraction of sp³-hybridized carbons (Fsp3) is 0.750. The van der Waals surface area contributed by atoms with Crippen LogP contribution in [0.5, 0.6) is 0 Å². The molecule has 230 valence electrons. The van der Waals surface area contributed by atoms with E-state index >= 15 is 8.78 Å². The van der Waals surface area contributed by atoms with Crippen molar-refractivity contribution in [3.8, 4) is 6.07 Å². The van der Waals surface area contributed by atoms with Crippen LogP contribution in [0.25, 0.3) is 0 Å². The average Bonchev–Trinajstić information content (AvgIpc) is 3.17. The van der Waals surface area contributed by atoms with Crippen LogP contribution in [0.15, 0.2) is 23.8 Å². The molecule has 0 bridgehead atoms. The van der Waals surface area contributed by atoms with E-state index in [1.807, 2.05) is 0 Å². The first-order valence-corrected chi connectivity index (χ1v) is 15.2. The minimum Gasteiger partial charge on any atom is -0.447 e. The number of carbonyl (C=O) groups excluding carboxylic acids is 3. The summed E-state index contributed by atoms with van der Waals surface area (Å²) in [5, 5.41) is 20.8. The van der Waals surface area contributed by atoms with Crippen molar-refractivity contribution in [1.29, 1.82) is 5.26 Å². The second kappa shape index (κ2) is 10.7. The molecule has 42 heavy (non-hydrogen) atoms. The molecule has 0 amide bonds. The Morgan fingerprint density at radius 2 is 1.86 bits per heavy atom. The number of alkyl halides is 2. The first-order valence-electron chi connectivity index (χ1n) is 15.2. The van der Waals surface area contributed by atoms with Gasteiger partial charge in [0.15, 0.2) is 18.1 Å². The highest BCUT2D eigenvalue weighted by atomic mass is 19.1. The van der Waals surface area contributed by atoms with Crippen molar-refractivity contribution in [3.63, 3.8) is 0 Å². The Morgan fingerprint density at radius 1 is 1.17 bits per heavy atom. The van der Waals surface area contributed by atoms with Crippen molar-refractivity contribution in [3.05, 3.63) is 23.8 Å². The molecular weight excluding hydrogens is 548 g/mol. The molecule has 1 N–H and O–H groups in total. The summed E-state index contributed by atoms with van der Waals surface area (Å²) >= 11 is 0.